The Morgan fingerprint density at radius 3 is 0.684 bits per heavy atom. The molecule has 0 aliphatic heterocycles. The summed E-state index contributed by atoms with van der Waals surface area (Å²) in [5.74, 6) is 3.44. The van der Waals surface area contributed by atoms with E-state index in [4.69, 9.17) is 43.9 Å². The molecule has 0 aromatic heterocycles. The van der Waals surface area contributed by atoms with E-state index in [1.165, 1.54) is 336 Å². The van der Waals surface area contributed by atoms with Gasteiger partial charge in [-0.05, 0) is 92.8 Å². The molecule has 3 N–H and O–H groups in total. The SMILES string of the molecule is C=O.CC(=O)O.CCCCCCCCCCCCBr.CCCCCCCCCCCCOc1cc(CBr)c(OCCCCCCCCCCCC)cc1CBr.CCCCCCCCCCCCOc1ccc(OCCCCCCCCCCCC)cc1.Oc1ccc(O)cc1. The van der Waals surface area contributed by atoms with E-state index >= 15 is 0 Å². The molecule has 0 fully saturated rings. The summed E-state index contributed by atoms with van der Waals surface area (Å²) >= 11 is 10.8. The average Bonchev–Trinajstić information content (AvgIpc) is 0.953. The molecule has 554 valence electrons. The Hall–Kier alpha value is -2.96. The van der Waals surface area contributed by atoms with Crippen molar-refractivity contribution >= 4 is 60.5 Å². The smallest absolute Gasteiger partial charge is 0.300 e. The summed E-state index contributed by atoms with van der Waals surface area (Å²) in [7, 11) is 0. The zero-order valence-corrected chi connectivity index (χ0v) is 67.0. The van der Waals surface area contributed by atoms with Gasteiger partial charge in [-0.3, -0.25) is 4.79 Å². The maximum atomic E-state index is 9.00. The number of unbranched alkanes of at least 4 members (excludes halogenated alkanes) is 45. The summed E-state index contributed by atoms with van der Waals surface area (Å²) in [6.45, 7) is 17.8. The highest BCUT2D eigenvalue weighted by molar-refractivity contribution is 9.09. The first-order valence-corrected chi connectivity index (χ1v) is 42.3. The van der Waals surface area contributed by atoms with Gasteiger partial charge in [-0.2, -0.15) is 0 Å². The van der Waals surface area contributed by atoms with Crippen molar-refractivity contribution in [3.8, 4) is 34.5 Å². The van der Waals surface area contributed by atoms with Crippen LogP contribution in [0.4, 0.5) is 0 Å². The normalized spacial score (nSPS) is 10.5. The van der Waals surface area contributed by atoms with Crippen molar-refractivity contribution in [2.24, 2.45) is 0 Å². The van der Waals surface area contributed by atoms with Crippen LogP contribution in [0.5, 0.6) is 34.5 Å². The maximum absolute atomic E-state index is 9.00. The van der Waals surface area contributed by atoms with Crippen molar-refractivity contribution < 1.29 is 43.9 Å². The van der Waals surface area contributed by atoms with E-state index in [9.17, 15) is 0 Å². The number of aromatic hydroxyl groups is 2. The van der Waals surface area contributed by atoms with Gasteiger partial charge in [0.1, 0.15) is 41.3 Å². The van der Waals surface area contributed by atoms with Crippen molar-refractivity contribution in [2.45, 2.75) is 373 Å². The van der Waals surface area contributed by atoms with Gasteiger partial charge in [0.15, 0.2) is 0 Å². The summed E-state index contributed by atoms with van der Waals surface area (Å²) in [6, 6.07) is 18.2. The molecule has 3 aromatic carbocycles. The highest BCUT2D eigenvalue weighted by Gasteiger charge is 2.12. The molecule has 0 atom stereocenters. The zero-order chi connectivity index (χ0) is 70.4. The van der Waals surface area contributed by atoms with Gasteiger partial charge in [0.2, 0.25) is 0 Å². The molecule has 0 heterocycles. The van der Waals surface area contributed by atoms with Gasteiger partial charge in [0.05, 0.1) is 26.4 Å². The second-order valence-electron chi connectivity index (χ2n) is 25.8. The Morgan fingerprint density at radius 1 is 0.316 bits per heavy atom. The lowest BCUT2D eigenvalue weighted by Gasteiger charge is -2.16. The molecule has 9 nitrogen and oxygen atoms in total. The number of benzene rings is 3. The van der Waals surface area contributed by atoms with Crippen LogP contribution >= 0.6 is 47.8 Å². The number of carbonyl (C=O) groups is 2. The number of ether oxygens (including phenoxy) is 4. The summed E-state index contributed by atoms with van der Waals surface area (Å²) in [4.78, 5) is 17.0. The van der Waals surface area contributed by atoms with E-state index in [-0.39, 0.29) is 11.5 Å². The number of phenols is 2. The van der Waals surface area contributed by atoms with E-state index in [0.29, 0.717) is 0 Å². The van der Waals surface area contributed by atoms with E-state index in [1.54, 1.807) is 0 Å². The predicted molar refractivity (Wildman–Crippen MR) is 423 cm³/mol. The van der Waals surface area contributed by atoms with Crippen molar-refractivity contribution in [1.82, 2.24) is 0 Å². The van der Waals surface area contributed by atoms with Gasteiger partial charge in [0.25, 0.3) is 5.97 Å². The van der Waals surface area contributed by atoms with Gasteiger partial charge in [-0.15, -0.1) is 0 Å². The second kappa shape index (κ2) is 81.7. The van der Waals surface area contributed by atoms with Crippen molar-refractivity contribution in [3.05, 3.63) is 71.8 Å². The van der Waals surface area contributed by atoms with Gasteiger partial charge < -0.3 is 39.1 Å². The van der Waals surface area contributed by atoms with Gasteiger partial charge in [-0.1, -0.05) is 371 Å². The highest BCUT2D eigenvalue weighted by atomic mass is 79.9. The van der Waals surface area contributed by atoms with Crippen LogP contribution in [0.3, 0.4) is 0 Å². The van der Waals surface area contributed by atoms with Crippen molar-refractivity contribution in [2.75, 3.05) is 31.8 Å². The lowest BCUT2D eigenvalue weighted by atomic mass is 10.1. The Morgan fingerprint density at radius 2 is 0.495 bits per heavy atom. The number of rotatable bonds is 60. The number of hydrogen-bond acceptors (Lipinski definition) is 8. The van der Waals surface area contributed by atoms with E-state index in [1.807, 2.05) is 31.1 Å². The number of alkyl halides is 3. The Kier molecular flexibility index (Phi) is 82.8. The van der Waals surface area contributed by atoms with Crippen LogP contribution in [0.1, 0.15) is 374 Å². The molecule has 0 amide bonds. The number of carbonyl (C=O) groups excluding carboxylic acids is 1. The quantitative estimate of drug-likeness (QED) is 0.0287. The minimum Gasteiger partial charge on any atom is -0.508 e. The fraction of sp³-hybridized carbons (Fsp3) is 0.759. The van der Waals surface area contributed by atoms with E-state index in [0.717, 1.165) is 92.7 Å². The number of halogens is 3. The third kappa shape index (κ3) is 73.6. The first-order chi connectivity index (χ1) is 46.6. The monoisotopic (exact) mass is 1520 g/mol. The standard InChI is InChI=1S/C32H56Br2O2.C30H54O2.C12H25Br.C6H6O2.C2H4O2.CH2O/c1-3-5-7-9-11-13-15-17-19-21-23-35-31-25-30(28-34)32(26-29(31)27-33)36-24-22-20-18-16-14-12-10-8-6-4-2;1-3-5-7-9-11-13-15-17-19-21-27-31-29-23-25-30(26-24-29)32-28-22-20-18-16-14-12-10-8-6-4-2;1-2-3-4-5-6-7-8-9-10-11-12-13;7-5-1-2-6(8)4-3-5;1-2(3)4;1-2/h25-26H,3-24,27-28H2,1-2H3;23-26H,3-22,27-28H2,1-2H3;2-12H2,1H3;1-4,7-8H;1H3,(H,3,4);1H2. The largest absolute Gasteiger partial charge is 0.508 e. The molecule has 0 radical (unpaired) electrons. The third-order valence-corrected chi connectivity index (χ3v) is 18.5. The van der Waals surface area contributed by atoms with E-state index in [2.05, 4.69) is 94.5 Å². The first-order valence-electron chi connectivity index (χ1n) is 39.0. The average molecular weight is 1530 g/mol. The van der Waals surface area contributed by atoms with Crippen LogP contribution in [0.25, 0.3) is 0 Å². The van der Waals surface area contributed by atoms with Gasteiger partial charge in [-0.25, -0.2) is 0 Å². The summed E-state index contributed by atoms with van der Waals surface area (Å²) in [6.07, 6.45) is 68.5. The van der Waals surface area contributed by atoms with Crippen LogP contribution in [0.15, 0.2) is 60.7 Å². The minimum atomic E-state index is -0.833. The minimum absolute atomic E-state index is 0.169. The fourth-order valence-corrected chi connectivity index (χ4v) is 12.2. The highest BCUT2D eigenvalue weighted by Crippen LogP contribution is 2.33. The number of aliphatic carboxylic acids is 1. The van der Waals surface area contributed by atoms with Gasteiger partial charge in [0, 0.05) is 34.0 Å². The molecule has 95 heavy (non-hydrogen) atoms. The van der Waals surface area contributed by atoms with Gasteiger partial charge >= 0.3 is 0 Å². The summed E-state index contributed by atoms with van der Waals surface area (Å²) < 4.78 is 24.2. The van der Waals surface area contributed by atoms with Crippen LogP contribution in [-0.4, -0.2) is 59.8 Å². The molecule has 0 saturated carbocycles. The molecule has 0 spiro atoms. The molecule has 12 heteroatoms. The Balaban J connectivity index is -0.00000129. The number of carboxylic acid groups (broad SMARTS) is 1. The molecule has 0 unspecified atom stereocenters. The third-order valence-electron chi connectivity index (χ3n) is 16.7. The van der Waals surface area contributed by atoms with Crippen LogP contribution in [0, 0.1) is 0 Å². The molecular weight excluding hydrogens is 1380 g/mol. The maximum Gasteiger partial charge on any atom is 0.300 e. The summed E-state index contributed by atoms with van der Waals surface area (Å²) in [5, 5.41) is 27.5. The van der Waals surface area contributed by atoms with Crippen molar-refractivity contribution in [3.63, 3.8) is 0 Å². The number of hydrogen-bond donors (Lipinski definition) is 3. The first kappa shape index (κ1) is 96.2. The molecule has 0 saturated heterocycles. The van der Waals surface area contributed by atoms with Crippen molar-refractivity contribution in [1.29, 1.82) is 0 Å². The Bertz CT molecular complexity index is 1820. The molecule has 0 aliphatic carbocycles. The zero-order valence-electron chi connectivity index (χ0n) is 62.2. The molecular formula is C83H147Br3O9. The lowest BCUT2D eigenvalue weighted by Crippen LogP contribution is -2.04. The fourth-order valence-electron chi connectivity index (χ4n) is 10.9. The topological polar surface area (TPSA) is 132 Å². The van der Waals surface area contributed by atoms with Crippen LogP contribution in [0.2, 0.25) is 0 Å². The second-order valence-corrected chi connectivity index (χ2v) is 27.7. The molecule has 3 rings (SSSR count). The number of carboxylic acids is 1. The van der Waals surface area contributed by atoms with Crippen LogP contribution in [-0.2, 0) is 20.2 Å². The Labute approximate surface area is 611 Å². The van der Waals surface area contributed by atoms with Crippen LogP contribution < -0.4 is 18.9 Å². The van der Waals surface area contributed by atoms with E-state index < -0.39 is 5.97 Å². The predicted octanol–water partition coefficient (Wildman–Crippen LogP) is 28.7. The summed E-state index contributed by atoms with van der Waals surface area (Å²) in [5.41, 5.74) is 2.37. The molecule has 0 aliphatic rings. The molecule has 0 bridgehead atoms. The number of phenolic OH excluding ortho intramolecular Hbond substituents is 2. The lowest BCUT2D eigenvalue weighted by molar-refractivity contribution is -0.134. The molecule has 3 aromatic rings.